The van der Waals surface area contributed by atoms with Crippen molar-refractivity contribution in [2.75, 3.05) is 6.54 Å². The van der Waals surface area contributed by atoms with Crippen molar-refractivity contribution in [1.82, 2.24) is 20.5 Å². The van der Waals surface area contributed by atoms with Gasteiger partial charge in [-0.3, -0.25) is 0 Å². The number of nitrogens with one attached hydrogen (secondary N) is 1. The van der Waals surface area contributed by atoms with Crippen LogP contribution in [0.4, 0.5) is 0 Å². The highest BCUT2D eigenvalue weighted by molar-refractivity contribution is 7.13. The first-order chi connectivity index (χ1) is 8.16. The minimum Gasteiger partial charge on any atom is -0.420 e. The lowest BCUT2D eigenvalue weighted by molar-refractivity contribution is 0.485. The topological polar surface area (TPSA) is 63.8 Å². The third-order valence-corrected chi connectivity index (χ3v) is 3.21. The Labute approximate surface area is 104 Å². The normalized spacial score (nSPS) is 11.3. The van der Waals surface area contributed by atoms with Crippen LogP contribution < -0.4 is 5.32 Å². The fourth-order valence-corrected chi connectivity index (χ4v) is 2.14. The van der Waals surface area contributed by atoms with Crippen LogP contribution in [-0.4, -0.2) is 27.8 Å². The number of hydrogen-bond acceptors (Lipinski definition) is 6. The molecule has 2 rings (SSSR count). The molecule has 17 heavy (non-hydrogen) atoms. The first-order valence-electron chi connectivity index (χ1n) is 5.63. The van der Waals surface area contributed by atoms with Crippen LogP contribution in [-0.2, 0) is 6.42 Å². The molecule has 2 aromatic heterocycles. The molecule has 0 saturated carbocycles. The quantitative estimate of drug-likeness (QED) is 0.882. The number of thiazole rings is 1. The molecule has 2 heterocycles. The zero-order valence-corrected chi connectivity index (χ0v) is 11.0. The number of rotatable bonds is 5. The molecule has 0 aliphatic rings. The molecule has 0 spiro atoms. The molecule has 0 atom stereocenters. The SMILES string of the molecule is Cc1ncsc1-c1nnc(CCNC(C)C)o1. The summed E-state index contributed by atoms with van der Waals surface area (Å²) in [5.41, 5.74) is 2.72. The standard InChI is InChI=1S/C11H16N4OS/c1-7(2)12-5-4-9-14-15-11(16-9)10-8(3)13-6-17-10/h6-7,12H,4-5H2,1-3H3. The van der Waals surface area contributed by atoms with Gasteiger partial charge in [0.2, 0.25) is 5.89 Å². The van der Waals surface area contributed by atoms with Crippen molar-refractivity contribution in [2.24, 2.45) is 0 Å². The lowest BCUT2D eigenvalue weighted by Crippen LogP contribution is -2.25. The van der Waals surface area contributed by atoms with E-state index in [0.29, 0.717) is 17.8 Å². The highest BCUT2D eigenvalue weighted by Crippen LogP contribution is 2.25. The first kappa shape index (κ1) is 12.2. The molecule has 0 bridgehead atoms. The van der Waals surface area contributed by atoms with E-state index in [1.165, 1.54) is 11.3 Å². The summed E-state index contributed by atoms with van der Waals surface area (Å²) in [6.45, 7) is 7.01. The van der Waals surface area contributed by atoms with Gasteiger partial charge in [0.25, 0.3) is 5.89 Å². The minimum atomic E-state index is 0.473. The van der Waals surface area contributed by atoms with Crippen LogP contribution in [0.1, 0.15) is 25.4 Å². The molecule has 92 valence electrons. The number of aryl methyl sites for hydroxylation is 1. The van der Waals surface area contributed by atoms with Gasteiger partial charge in [-0.2, -0.15) is 0 Å². The summed E-state index contributed by atoms with van der Waals surface area (Å²) in [7, 11) is 0. The lowest BCUT2D eigenvalue weighted by atomic mass is 10.3. The summed E-state index contributed by atoms with van der Waals surface area (Å²) in [5.74, 6) is 1.24. The van der Waals surface area contributed by atoms with Crippen LogP contribution in [0.5, 0.6) is 0 Å². The van der Waals surface area contributed by atoms with Crippen molar-refractivity contribution >= 4 is 11.3 Å². The Kier molecular flexibility index (Phi) is 3.86. The van der Waals surface area contributed by atoms with Crippen LogP contribution in [0.25, 0.3) is 10.8 Å². The second kappa shape index (κ2) is 5.37. The second-order valence-electron chi connectivity index (χ2n) is 4.13. The molecule has 6 heteroatoms. The Balaban J connectivity index is 1.99. The predicted octanol–water partition coefficient (Wildman–Crippen LogP) is 2.04. The number of nitrogens with zero attached hydrogens (tertiary/aromatic N) is 3. The molecule has 0 amide bonds. The summed E-state index contributed by atoms with van der Waals surface area (Å²) >= 11 is 1.52. The van der Waals surface area contributed by atoms with Crippen molar-refractivity contribution in [2.45, 2.75) is 33.2 Å². The van der Waals surface area contributed by atoms with Crippen LogP contribution >= 0.6 is 11.3 Å². The molecule has 0 radical (unpaired) electrons. The molecular weight excluding hydrogens is 236 g/mol. The van der Waals surface area contributed by atoms with E-state index in [2.05, 4.69) is 34.3 Å². The van der Waals surface area contributed by atoms with Crippen molar-refractivity contribution in [3.8, 4) is 10.8 Å². The van der Waals surface area contributed by atoms with E-state index in [4.69, 9.17) is 4.42 Å². The van der Waals surface area contributed by atoms with Crippen molar-refractivity contribution in [3.05, 3.63) is 17.1 Å². The van der Waals surface area contributed by atoms with Crippen LogP contribution in [0.15, 0.2) is 9.93 Å². The summed E-state index contributed by atoms with van der Waals surface area (Å²) in [4.78, 5) is 5.12. The zero-order chi connectivity index (χ0) is 12.3. The van der Waals surface area contributed by atoms with Gasteiger partial charge in [0.05, 0.1) is 11.2 Å². The summed E-state index contributed by atoms with van der Waals surface area (Å²) in [5, 5.41) is 11.4. The summed E-state index contributed by atoms with van der Waals surface area (Å²) in [6, 6.07) is 0.473. The Morgan fingerprint density at radius 3 is 2.88 bits per heavy atom. The highest BCUT2D eigenvalue weighted by Gasteiger charge is 2.12. The molecule has 0 aliphatic heterocycles. The molecule has 0 saturated heterocycles. The van der Waals surface area contributed by atoms with E-state index in [9.17, 15) is 0 Å². The number of hydrogen-bond donors (Lipinski definition) is 1. The first-order valence-corrected chi connectivity index (χ1v) is 6.51. The third-order valence-electron chi connectivity index (χ3n) is 2.30. The number of aromatic nitrogens is 3. The molecule has 0 unspecified atom stereocenters. The maximum absolute atomic E-state index is 5.60. The molecule has 0 fully saturated rings. The van der Waals surface area contributed by atoms with Crippen molar-refractivity contribution in [3.63, 3.8) is 0 Å². The Bertz CT molecular complexity index is 477. The van der Waals surface area contributed by atoms with Gasteiger partial charge in [0.15, 0.2) is 0 Å². The fraction of sp³-hybridized carbons (Fsp3) is 0.545. The van der Waals surface area contributed by atoms with E-state index in [-0.39, 0.29) is 0 Å². The Hall–Kier alpha value is -1.27. The van der Waals surface area contributed by atoms with Gasteiger partial charge in [-0.25, -0.2) is 4.98 Å². The average Bonchev–Trinajstić information content (AvgIpc) is 2.86. The molecule has 0 aromatic carbocycles. The smallest absolute Gasteiger partial charge is 0.259 e. The predicted molar refractivity (Wildman–Crippen MR) is 67.0 cm³/mol. The largest absolute Gasteiger partial charge is 0.420 e. The van der Waals surface area contributed by atoms with Gasteiger partial charge < -0.3 is 9.73 Å². The van der Waals surface area contributed by atoms with E-state index in [1.54, 1.807) is 5.51 Å². The average molecular weight is 252 g/mol. The molecule has 2 aromatic rings. The molecule has 1 N–H and O–H groups in total. The molecule has 0 aliphatic carbocycles. The van der Waals surface area contributed by atoms with E-state index < -0.39 is 0 Å². The van der Waals surface area contributed by atoms with Crippen molar-refractivity contribution < 1.29 is 4.42 Å². The maximum Gasteiger partial charge on any atom is 0.259 e. The summed E-state index contributed by atoms with van der Waals surface area (Å²) < 4.78 is 5.60. The molecular formula is C11H16N4OS. The van der Waals surface area contributed by atoms with Crippen LogP contribution in [0.2, 0.25) is 0 Å². The Morgan fingerprint density at radius 1 is 1.41 bits per heavy atom. The van der Waals surface area contributed by atoms with Crippen LogP contribution in [0.3, 0.4) is 0 Å². The minimum absolute atomic E-state index is 0.473. The summed E-state index contributed by atoms with van der Waals surface area (Å²) in [6.07, 6.45) is 0.753. The van der Waals surface area contributed by atoms with E-state index in [1.807, 2.05) is 6.92 Å². The van der Waals surface area contributed by atoms with Gasteiger partial charge in [0.1, 0.15) is 4.88 Å². The van der Waals surface area contributed by atoms with Crippen LogP contribution in [0, 0.1) is 6.92 Å². The van der Waals surface area contributed by atoms with Gasteiger partial charge in [-0.1, -0.05) is 13.8 Å². The van der Waals surface area contributed by atoms with Gasteiger partial charge in [-0.05, 0) is 6.92 Å². The van der Waals surface area contributed by atoms with Gasteiger partial charge in [-0.15, -0.1) is 21.5 Å². The Morgan fingerprint density at radius 2 is 2.24 bits per heavy atom. The monoisotopic (exact) mass is 252 g/mol. The van der Waals surface area contributed by atoms with Crippen molar-refractivity contribution in [1.29, 1.82) is 0 Å². The third kappa shape index (κ3) is 3.10. The van der Waals surface area contributed by atoms with E-state index >= 15 is 0 Å². The fourth-order valence-electron chi connectivity index (χ4n) is 1.42. The van der Waals surface area contributed by atoms with Gasteiger partial charge >= 0.3 is 0 Å². The van der Waals surface area contributed by atoms with Gasteiger partial charge in [0, 0.05) is 19.0 Å². The zero-order valence-electron chi connectivity index (χ0n) is 10.2. The highest BCUT2D eigenvalue weighted by atomic mass is 32.1. The van der Waals surface area contributed by atoms with E-state index in [0.717, 1.165) is 23.5 Å². The maximum atomic E-state index is 5.60. The lowest BCUT2D eigenvalue weighted by Gasteiger charge is -2.04. The second-order valence-corrected chi connectivity index (χ2v) is 4.98. The molecule has 5 nitrogen and oxygen atoms in total.